The van der Waals surface area contributed by atoms with E-state index in [9.17, 15) is 9.59 Å². The molecule has 0 spiro atoms. The minimum atomic E-state index is -0.00861. The third-order valence-electron chi connectivity index (χ3n) is 11.8. The summed E-state index contributed by atoms with van der Waals surface area (Å²) in [6.45, 7) is 11.9. The van der Waals surface area contributed by atoms with Crippen LogP contribution in [0.5, 0.6) is 0 Å². The van der Waals surface area contributed by atoms with Crippen LogP contribution in [0.4, 0.5) is 0 Å². The topological polar surface area (TPSA) is 79.9 Å². The summed E-state index contributed by atoms with van der Waals surface area (Å²) < 4.78 is 11.6. The van der Waals surface area contributed by atoms with Crippen molar-refractivity contribution in [3.05, 3.63) is 11.4 Å². The normalized spacial score (nSPS) is 12.4. The van der Waals surface area contributed by atoms with Gasteiger partial charge in [-0.3, -0.25) is 9.59 Å². The van der Waals surface area contributed by atoms with Gasteiger partial charge in [0.25, 0.3) is 0 Å². The number of carbonyl (C=O) groups excluding carboxylic acids is 2. The average molecular weight is 804 g/mol. The average Bonchev–Trinajstić information content (AvgIpc) is 4.06. The smallest absolute Gasteiger partial charge is 0.306 e. The summed E-state index contributed by atoms with van der Waals surface area (Å²) in [6, 6.07) is 0. The Kier molecular flexibility index (Phi) is 38.3. The lowest BCUT2D eigenvalue weighted by atomic mass is 10.0. The number of ether oxygens (including phenoxy) is 2. The number of nitrogens with one attached hydrogen (secondary N) is 2. The summed E-state index contributed by atoms with van der Waals surface area (Å²) >= 11 is 0. The van der Waals surface area contributed by atoms with E-state index in [0.717, 1.165) is 77.5 Å². The van der Waals surface area contributed by atoms with Crippen LogP contribution in [0.1, 0.15) is 252 Å². The van der Waals surface area contributed by atoms with E-state index in [1.807, 2.05) is 7.05 Å². The number of nitrogens with zero attached hydrogens (tertiary/aromatic N) is 1. The van der Waals surface area contributed by atoms with E-state index in [0.29, 0.717) is 19.4 Å². The van der Waals surface area contributed by atoms with Gasteiger partial charge in [-0.1, -0.05) is 162 Å². The van der Waals surface area contributed by atoms with E-state index in [1.54, 1.807) is 0 Å². The van der Waals surface area contributed by atoms with Gasteiger partial charge in [0.15, 0.2) is 0 Å². The van der Waals surface area contributed by atoms with Gasteiger partial charge in [0.2, 0.25) is 0 Å². The van der Waals surface area contributed by atoms with Gasteiger partial charge >= 0.3 is 11.9 Å². The van der Waals surface area contributed by atoms with E-state index >= 15 is 0 Å². The van der Waals surface area contributed by atoms with Gasteiger partial charge in [-0.15, -0.1) is 0 Å². The van der Waals surface area contributed by atoms with Gasteiger partial charge in [0, 0.05) is 26.4 Å². The number of unbranched alkanes of at least 4 members (excludes halogenated alkanes) is 24. The maximum Gasteiger partial charge on any atom is 0.306 e. The van der Waals surface area contributed by atoms with Crippen LogP contribution in [-0.4, -0.2) is 62.8 Å². The molecule has 0 amide bonds. The highest BCUT2D eigenvalue weighted by Crippen LogP contribution is 2.29. The zero-order valence-electron chi connectivity index (χ0n) is 38.6. The summed E-state index contributed by atoms with van der Waals surface area (Å²) in [5, 5.41) is 6.97. The van der Waals surface area contributed by atoms with Gasteiger partial charge in [-0.2, -0.15) is 0 Å². The molecule has 0 bridgehead atoms. The molecular formula is C50H97N3O4. The number of allylic oxidation sites excluding steroid dienone is 1. The summed E-state index contributed by atoms with van der Waals surface area (Å²) in [5.74, 6) is 1.28. The molecule has 0 saturated heterocycles. The molecule has 1 aliphatic carbocycles. The van der Waals surface area contributed by atoms with E-state index in [-0.39, 0.29) is 18.0 Å². The van der Waals surface area contributed by atoms with Crippen LogP contribution in [0.3, 0.4) is 0 Å². The Labute approximate surface area is 354 Å². The Balaban J connectivity index is 2.29. The zero-order chi connectivity index (χ0) is 41.3. The van der Waals surface area contributed by atoms with Gasteiger partial charge < -0.3 is 25.0 Å². The molecule has 0 radical (unpaired) electrons. The van der Waals surface area contributed by atoms with E-state index in [1.165, 1.54) is 178 Å². The van der Waals surface area contributed by atoms with Crippen LogP contribution in [0.2, 0.25) is 0 Å². The highest BCUT2D eigenvalue weighted by atomic mass is 16.5. The van der Waals surface area contributed by atoms with E-state index < -0.39 is 0 Å². The van der Waals surface area contributed by atoms with Crippen LogP contribution >= 0.6 is 0 Å². The van der Waals surface area contributed by atoms with E-state index in [4.69, 9.17) is 9.47 Å². The van der Waals surface area contributed by atoms with Gasteiger partial charge in [-0.25, -0.2) is 0 Å². The molecular weight excluding hydrogens is 707 g/mol. The molecule has 57 heavy (non-hydrogen) atoms. The first-order valence-corrected chi connectivity index (χ1v) is 25.2. The second kappa shape index (κ2) is 41.0. The molecule has 0 aromatic rings. The standard InChI is InChI=1S/C50H97N3O4/c1-5-8-11-14-17-26-33-45-56-48(54)37-29-22-18-24-31-42-53(44-34-41-52-50(51-4)46-39-40-46)43-32-25-19-23-30-38-49(55)57-47(35-27-20-15-12-9-6-2)36-28-21-16-13-10-7-3/h47,51-52H,5-45H2,1-4H3. The summed E-state index contributed by atoms with van der Waals surface area (Å²) in [7, 11) is 2.02. The summed E-state index contributed by atoms with van der Waals surface area (Å²) in [6.07, 6.45) is 42.6. The van der Waals surface area contributed by atoms with Gasteiger partial charge in [0.1, 0.15) is 6.10 Å². The second-order valence-electron chi connectivity index (χ2n) is 17.5. The van der Waals surface area contributed by atoms with Gasteiger partial charge in [0.05, 0.1) is 12.4 Å². The molecule has 1 rings (SSSR count). The fourth-order valence-corrected chi connectivity index (χ4v) is 7.95. The van der Waals surface area contributed by atoms with Crippen molar-refractivity contribution < 1.29 is 19.1 Å². The number of carbonyl (C=O) groups is 2. The molecule has 0 aromatic heterocycles. The van der Waals surface area contributed by atoms with E-state index in [2.05, 4.69) is 36.3 Å². The number of esters is 2. The monoisotopic (exact) mass is 804 g/mol. The highest BCUT2D eigenvalue weighted by molar-refractivity contribution is 5.69. The van der Waals surface area contributed by atoms with Crippen molar-refractivity contribution in [2.24, 2.45) is 0 Å². The lowest BCUT2D eigenvalue weighted by molar-refractivity contribution is -0.150. The fourth-order valence-electron chi connectivity index (χ4n) is 7.95. The molecule has 2 N–H and O–H groups in total. The van der Waals surface area contributed by atoms with Crippen molar-refractivity contribution in [1.82, 2.24) is 15.5 Å². The molecule has 0 aliphatic heterocycles. The van der Waals surface area contributed by atoms with Crippen LogP contribution in [-0.2, 0) is 19.1 Å². The SMILES string of the molecule is CCCCCCCCCOC(=O)CCCCCCCN(CCCCCCCC(=O)OC(CCCCCCCC)CCCCCCCC)CCCNC(NC)=C1CC1. The molecule has 7 heteroatoms. The maximum absolute atomic E-state index is 12.8. The third kappa shape index (κ3) is 35.9. The molecule has 7 nitrogen and oxygen atoms in total. The molecule has 0 unspecified atom stereocenters. The lowest BCUT2D eigenvalue weighted by Crippen LogP contribution is -2.31. The first kappa shape index (κ1) is 53.3. The summed E-state index contributed by atoms with van der Waals surface area (Å²) in [4.78, 5) is 27.7. The largest absolute Gasteiger partial charge is 0.466 e. The van der Waals surface area contributed by atoms with Crippen molar-refractivity contribution >= 4 is 11.9 Å². The fraction of sp³-hybridized carbons (Fsp3) is 0.920. The van der Waals surface area contributed by atoms with Crippen molar-refractivity contribution in [1.29, 1.82) is 0 Å². The number of hydrogen-bond donors (Lipinski definition) is 2. The maximum atomic E-state index is 12.8. The van der Waals surface area contributed by atoms with Crippen LogP contribution in [0, 0.1) is 0 Å². The second-order valence-corrected chi connectivity index (χ2v) is 17.5. The predicted octanol–water partition coefficient (Wildman–Crippen LogP) is 13.9. The number of rotatable bonds is 45. The Bertz CT molecular complexity index is 919. The third-order valence-corrected chi connectivity index (χ3v) is 11.8. The molecule has 0 aromatic carbocycles. The number of hydrogen-bond acceptors (Lipinski definition) is 7. The molecule has 0 atom stereocenters. The first-order chi connectivity index (χ1) is 28.0. The van der Waals surface area contributed by atoms with Crippen molar-refractivity contribution in [2.45, 2.75) is 258 Å². The predicted molar refractivity (Wildman–Crippen MR) is 245 cm³/mol. The Morgan fingerprint density at radius 1 is 0.526 bits per heavy atom. The molecule has 336 valence electrons. The van der Waals surface area contributed by atoms with Crippen LogP contribution in [0.15, 0.2) is 11.4 Å². The first-order valence-electron chi connectivity index (χ1n) is 25.2. The summed E-state index contributed by atoms with van der Waals surface area (Å²) in [5.41, 5.74) is 1.53. The molecule has 0 heterocycles. The van der Waals surface area contributed by atoms with Crippen molar-refractivity contribution in [3.63, 3.8) is 0 Å². The molecule has 1 saturated carbocycles. The Hall–Kier alpha value is -1.76. The Morgan fingerprint density at radius 3 is 1.44 bits per heavy atom. The Morgan fingerprint density at radius 2 is 0.947 bits per heavy atom. The van der Waals surface area contributed by atoms with Crippen LogP contribution < -0.4 is 10.6 Å². The lowest BCUT2D eigenvalue weighted by Gasteiger charge is -2.23. The minimum Gasteiger partial charge on any atom is -0.466 e. The highest BCUT2D eigenvalue weighted by Gasteiger charge is 2.17. The van der Waals surface area contributed by atoms with Crippen LogP contribution in [0.25, 0.3) is 0 Å². The molecule has 1 fully saturated rings. The quantitative estimate of drug-likeness (QED) is 0.0469. The van der Waals surface area contributed by atoms with Crippen molar-refractivity contribution in [3.8, 4) is 0 Å². The van der Waals surface area contributed by atoms with Crippen molar-refractivity contribution in [2.75, 3.05) is 39.8 Å². The zero-order valence-corrected chi connectivity index (χ0v) is 38.6. The minimum absolute atomic E-state index is 0.00861. The van der Waals surface area contributed by atoms with Gasteiger partial charge in [-0.05, 0) is 102 Å². The molecule has 1 aliphatic rings.